The van der Waals surface area contributed by atoms with Gasteiger partial charge in [0.1, 0.15) is 0 Å². The van der Waals surface area contributed by atoms with Crippen molar-refractivity contribution in [1.29, 1.82) is 0 Å². The molecule has 204 valence electrons. The lowest BCUT2D eigenvalue weighted by atomic mass is 10.1. The number of nitrogens with one attached hydrogen (secondary N) is 1. The van der Waals surface area contributed by atoms with Crippen molar-refractivity contribution in [3.05, 3.63) is 92.8 Å². The fourth-order valence-electron chi connectivity index (χ4n) is 3.43. The first-order valence-corrected chi connectivity index (χ1v) is 11.0. The molecule has 2 N–H and O–H groups in total. The Morgan fingerprint density at radius 2 is 1.18 bits per heavy atom. The minimum atomic E-state index is -1.03. The maximum absolute atomic E-state index is 12.1. The number of fused-ring (bicyclic) bond motifs is 2. The average Bonchev–Trinajstić information content (AvgIpc) is 2.92. The van der Waals surface area contributed by atoms with Crippen LogP contribution in [0.5, 0.6) is 0 Å². The standard InChI is InChI=1S/C13H14N2O3.C11H9NO3.C2H7NO.ClH/c1-14-8-11(13(17)15(2)18-3)9-6-4-5-7-10(9)12(14)16;1-12-6-9(11(14)15)7-4-2-3-5-8(7)10(12)13;1-3-4-2;/h4-8H,1-3H3;2-6H,1H3,(H,14,15);3H,1-2H3;1H. The monoisotopic (exact) mass is 546 g/mol. The summed E-state index contributed by atoms with van der Waals surface area (Å²) in [7, 11) is 9.39. The molecule has 12 heteroatoms. The number of hydrogen-bond donors (Lipinski definition) is 2. The first-order valence-electron chi connectivity index (χ1n) is 11.0. The molecule has 0 aliphatic rings. The number of aromatic nitrogens is 2. The minimum Gasteiger partial charge on any atom is -0.478 e. The van der Waals surface area contributed by atoms with Gasteiger partial charge in [0, 0.05) is 62.1 Å². The van der Waals surface area contributed by atoms with Crippen molar-refractivity contribution >= 4 is 45.8 Å². The zero-order valence-electron chi connectivity index (χ0n) is 21.9. The summed E-state index contributed by atoms with van der Waals surface area (Å²) in [6, 6.07) is 13.7. The zero-order valence-corrected chi connectivity index (χ0v) is 22.7. The van der Waals surface area contributed by atoms with Gasteiger partial charge in [-0.2, -0.15) is 0 Å². The zero-order chi connectivity index (χ0) is 27.7. The highest BCUT2D eigenvalue weighted by atomic mass is 35.5. The number of carbonyl (C=O) groups is 2. The van der Waals surface area contributed by atoms with E-state index in [0.717, 1.165) is 5.06 Å². The molecular formula is C26H31ClN4O7. The van der Waals surface area contributed by atoms with Crippen molar-refractivity contribution in [1.82, 2.24) is 19.7 Å². The van der Waals surface area contributed by atoms with E-state index in [2.05, 4.69) is 10.3 Å². The van der Waals surface area contributed by atoms with Gasteiger partial charge in [-0.3, -0.25) is 19.2 Å². The summed E-state index contributed by atoms with van der Waals surface area (Å²) in [6.07, 6.45) is 2.87. The molecule has 0 saturated heterocycles. The van der Waals surface area contributed by atoms with Gasteiger partial charge in [0.2, 0.25) is 0 Å². The Morgan fingerprint density at radius 1 is 0.816 bits per heavy atom. The van der Waals surface area contributed by atoms with Gasteiger partial charge in [-0.25, -0.2) is 15.3 Å². The van der Waals surface area contributed by atoms with E-state index in [4.69, 9.17) is 9.94 Å². The van der Waals surface area contributed by atoms with E-state index in [0.29, 0.717) is 27.1 Å². The molecule has 2 heterocycles. The molecule has 1 amide bonds. The van der Waals surface area contributed by atoms with Crippen LogP contribution >= 0.6 is 12.4 Å². The predicted molar refractivity (Wildman–Crippen MR) is 148 cm³/mol. The summed E-state index contributed by atoms with van der Waals surface area (Å²) in [5, 5.41) is 12.2. The lowest BCUT2D eigenvalue weighted by Crippen LogP contribution is -2.28. The maximum Gasteiger partial charge on any atom is 0.337 e. The first-order chi connectivity index (χ1) is 17.6. The number of carboxylic acids is 1. The lowest BCUT2D eigenvalue weighted by Gasteiger charge is -2.15. The fourth-order valence-corrected chi connectivity index (χ4v) is 3.43. The van der Waals surface area contributed by atoms with Gasteiger partial charge in [-0.05, 0) is 12.1 Å². The number of carboxylic acid groups (broad SMARTS) is 1. The highest BCUT2D eigenvalue weighted by Gasteiger charge is 2.17. The molecule has 0 bridgehead atoms. The second-order valence-corrected chi connectivity index (χ2v) is 7.71. The lowest BCUT2D eigenvalue weighted by molar-refractivity contribution is -0.0756. The summed E-state index contributed by atoms with van der Waals surface area (Å²) >= 11 is 0. The Balaban J connectivity index is 0.000000329. The normalized spacial score (nSPS) is 9.95. The molecule has 2 aromatic carbocycles. The van der Waals surface area contributed by atoms with Crippen LogP contribution in [0.3, 0.4) is 0 Å². The van der Waals surface area contributed by atoms with E-state index >= 15 is 0 Å². The molecular weight excluding hydrogens is 516 g/mol. The Hall–Kier alpha value is -4.03. The molecule has 0 fully saturated rings. The second-order valence-electron chi connectivity index (χ2n) is 7.71. The molecule has 0 saturated carbocycles. The number of aryl methyl sites for hydroxylation is 2. The average molecular weight is 547 g/mol. The van der Waals surface area contributed by atoms with Crippen LogP contribution < -0.4 is 16.6 Å². The first kappa shape index (κ1) is 32.0. The molecule has 0 radical (unpaired) electrons. The molecule has 11 nitrogen and oxygen atoms in total. The molecule has 0 aliphatic heterocycles. The van der Waals surface area contributed by atoms with Gasteiger partial charge in [-0.1, -0.05) is 36.4 Å². The van der Waals surface area contributed by atoms with Crippen LogP contribution in [0.1, 0.15) is 20.7 Å². The summed E-state index contributed by atoms with van der Waals surface area (Å²) < 4.78 is 2.69. The summed E-state index contributed by atoms with van der Waals surface area (Å²) in [5.74, 6) is -1.31. The Kier molecular flexibility index (Phi) is 12.3. The minimum absolute atomic E-state index is 0. The SMILES string of the molecule is CNOC.CON(C)C(=O)c1cn(C)c(=O)c2ccccc12.Cl.Cn1cc(C(=O)O)c2ccccc2c1=O. The van der Waals surface area contributed by atoms with Crippen LogP contribution in [0.2, 0.25) is 0 Å². The molecule has 38 heavy (non-hydrogen) atoms. The Bertz CT molecular complexity index is 1530. The number of rotatable bonds is 4. The number of aromatic carboxylic acids is 1. The van der Waals surface area contributed by atoms with E-state index in [-0.39, 0.29) is 35.0 Å². The number of hydroxylamine groups is 3. The molecule has 0 unspecified atom stereocenters. The van der Waals surface area contributed by atoms with E-state index < -0.39 is 5.97 Å². The van der Waals surface area contributed by atoms with Crippen LogP contribution in [0.25, 0.3) is 21.5 Å². The van der Waals surface area contributed by atoms with Gasteiger partial charge in [-0.15, -0.1) is 12.4 Å². The highest BCUT2D eigenvalue weighted by Crippen LogP contribution is 2.17. The number of pyridine rings is 2. The number of benzene rings is 2. The topological polar surface area (TPSA) is 132 Å². The molecule has 2 aromatic heterocycles. The van der Waals surface area contributed by atoms with Crippen LogP contribution in [0.4, 0.5) is 0 Å². The van der Waals surface area contributed by atoms with Crippen LogP contribution in [-0.4, -0.2) is 59.5 Å². The van der Waals surface area contributed by atoms with Crippen LogP contribution in [0.15, 0.2) is 70.5 Å². The molecule has 0 spiro atoms. The van der Waals surface area contributed by atoms with Gasteiger partial charge < -0.3 is 19.1 Å². The molecule has 4 aromatic rings. The van der Waals surface area contributed by atoms with E-state index in [9.17, 15) is 19.2 Å². The van der Waals surface area contributed by atoms with Crippen molar-refractivity contribution in [3.8, 4) is 0 Å². The highest BCUT2D eigenvalue weighted by molar-refractivity contribution is 6.06. The smallest absolute Gasteiger partial charge is 0.337 e. The Labute approximate surface area is 225 Å². The summed E-state index contributed by atoms with van der Waals surface area (Å²) in [6.45, 7) is 0. The number of halogens is 1. The fraction of sp³-hybridized carbons (Fsp3) is 0.231. The predicted octanol–water partition coefficient (Wildman–Crippen LogP) is 2.60. The summed E-state index contributed by atoms with van der Waals surface area (Å²) in [4.78, 5) is 55.9. The Morgan fingerprint density at radius 3 is 1.55 bits per heavy atom. The largest absolute Gasteiger partial charge is 0.478 e. The quantitative estimate of drug-likeness (QED) is 0.373. The molecule has 4 rings (SSSR count). The second kappa shape index (κ2) is 14.6. The third-order valence-corrected chi connectivity index (χ3v) is 5.41. The maximum atomic E-state index is 12.1. The molecule has 0 aliphatic carbocycles. The van der Waals surface area contributed by atoms with Gasteiger partial charge in [0.15, 0.2) is 0 Å². The van der Waals surface area contributed by atoms with E-state index in [1.54, 1.807) is 76.8 Å². The van der Waals surface area contributed by atoms with Gasteiger partial charge in [0.05, 0.1) is 25.3 Å². The molecule has 0 atom stereocenters. The number of hydrogen-bond acceptors (Lipinski definition) is 7. The van der Waals surface area contributed by atoms with Crippen molar-refractivity contribution < 1.29 is 24.4 Å². The van der Waals surface area contributed by atoms with Crippen molar-refractivity contribution in [2.75, 3.05) is 28.3 Å². The van der Waals surface area contributed by atoms with Crippen molar-refractivity contribution in [2.24, 2.45) is 14.1 Å². The van der Waals surface area contributed by atoms with Crippen LogP contribution in [-0.2, 0) is 23.8 Å². The van der Waals surface area contributed by atoms with Crippen molar-refractivity contribution in [2.45, 2.75) is 0 Å². The van der Waals surface area contributed by atoms with E-state index in [1.165, 1.54) is 35.7 Å². The van der Waals surface area contributed by atoms with Gasteiger partial charge in [0.25, 0.3) is 17.0 Å². The third-order valence-electron chi connectivity index (χ3n) is 5.41. The summed E-state index contributed by atoms with van der Waals surface area (Å²) in [5.41, 5.74) is 2.71. The third kappa shape index (κ3) is 7.26. The van der Waals surface area contributed by atoms with E-state index in [1.807, 2.05) is 0 Å². The van der Waals surface area contributed by atoms with Crippen molar-refractivity contribution in [3.63, 3.8) is 0 Å². The van der Waals surface area contributed by atoms with Gasteiger partial charge >= 0.3 is 5.97 Å². The van der Waals surface area contributed by atoms with Crippen LogP contribution in [0, 0.1) is 0 Å². The number of carbonyl (C=O) groups excluding carboxylic acids is 1. The number of amides is 1. The number of nitrogens with zero attached hydrogens (tertiary/aromatic N) is 3.